The standard InChI is InChI=1S/C19H13N3O4S/c1-26-12-8-6-11(7-9-12)16-15(10-20)27-19(21-16)22-17(23)13-4-2-3-5-14(13)18(24)25/h2-9H,1H3,(H,24,25)(H,21,22,23). The van der Waals surface area contributed by atoms with Crippen LogP contribution in [0, 0.1) is 11.3 Å². The van der Waals surface area contributed by atoms with Crippen LogP contribution in [0.2, 0.25) is 0 Å². The van der Waals surface area contributed by atoms with E-state index in [-0.39, 0.29) is 16.3 Å². The molecule has 0 aliphatic carbocycles. The number of carboxylic acids is 1. The number of benzene rings is 2. The van der Waals surface area contributed by atoms with Gasteiger partial charge in [0.2, 0.25) is 0 Å². The van der Waals surface area contributed by atoms with Crippen molar-refractivity contribution in [2.75, 3.05) is 12.4 Å². The molecule has 7 nitrogen and oxygen atoms in total. The molecule has 8 heteroatoms. The largest absolute Gasteiger partial charge is 0.497 e. The number of rotatable bonds is 5. The van der Waals surface area contributed by atoms with E-state index in [4.69, 9.17) is 4.74 Å². The zero-order valence-corrected chi connectivity index (χ0v) is 14.9. The lowest BCUT2D eigenvalue weighted by molar-refractivity contribution is 0.0692. The van der Waals surface area contributed by atoms with Gasteiger partial charge in [-0.3, -0.25) is 10.1 Å². The van der Waals surface area contributed by atoms with Crippen molar-refractivity contribution in [2.24, 2.45) is 0 Å². The van der Waals surface area contributed by atoms with Crippen molar-refractivity contribution < 1.29 is 19.4 Å². The minimum atomic E-state index is -1.20. The lowest BCUT2D eigenvalue weighted by atomic mass is 10.1. The first kappa shape index (κ1) is 18.1. The molecular weight excluding hydrogens is 366 g/mol. The molecule has 3 aromatic rings. The molecule has 3 rings (SSSR count). The Kier molecular flexibility index (Phi) is 5.15. The normalized spacial score (nSPS) is 10.1. The number of aromatic nitrogens is 1. The quantitative estimate of drug-likeness (QED) is 0.700. The van der Waals surface area contributed by atoms with Crippen LogP contribution in [0.4, 0.5) is 5.13 Å². The molecule has 0 saturated carbocycles. The maximum Gasteiger partial charge on any atom is 0.336 e. The predicted octanol–water partition coefficient (Wildman–Crippen LogP) is 3.64. The van der Waals surface area contributed by atoms with Crippen LogP contribution in [0.25, 0.3) is 11.3 Å². The zero-order valence-electron chi connectivity index (χ0n) is 14.1. The summed E-state index contributed by atoms with van der Waals surface area (Å²) in [5, 5.41) is 21.4. The van der Waals surface area contributed by atoms with E-state index in [0.717, 1.165) is 11.3 Å². The first-order chi connectivity index (χ1) is 13.0. The fourth-order valence-electron chi connectivity index (χ4n) is 2.43. The Morgan fingerprint density at radius 2 is 1.81 bits per heavy atom. The van der Waals surface area contributed by atoms with Crippen molar-refractivity contribution in [3.05, 3.63) is 64.5 Å². The Morgan fingerprint density at radius 3 is 2.41 bits per heavy atom. The number of carbonyl (C=O) groups is 2. The van der Waals surface area contributed by atoms with E-state index in [1.807, 2.05) is 0 Å². The molecule has 27 heavy (non-hydrogen) atoms. The van der Waals surface area contributed by atoms with E-state index in [1.54, 1.807) is 43.5 Å². The Balaban J connectivity index is 1.90. The SMILES string of the molecule is COc1ccc(-c2nc(NC(=O)c3ccccc3C(=O)O)sc2C#N)cc1. The van der Waals surface area contributed by atoms with Gasteiger partial charge in [0, 0.05) is 5.56 Å². The van der Waals surface area contributed by atoms with E-state index >= 15 is 0 Å². The van der Waals surface area contributed by atoms with E-state index in [0.29, 0.717) is 21.9 Å². The molecule has 1 aromatic heterocycles. The van der Waals surface area contributed by atoms with Gasteiger partial charge in [-0.15, -0.1) is 0 Å². The summed E-state index contributed by atoms with van der Waals surface area (Å²) in [7, 11) is 1.56. The number of thiazole rings is 1. The molecule has 0 aliphatic rings. The number of carboxylic acid groups (broad SMARTS) is 1. The molecule has 0 unspecified atom stereocenters. The molecule has 0 fully saturated rings. The first-order valence-electron chi connectivity index (χ1n) is 7.72. The van der Waals surface area contributed by atoms with Gasteiger partial charge in [-0.2, -0.15) is 5.26 Å². The second-order valence-corrected chi connectivity index (χ2v) is 6.34. The van der Waals surface area contributed by atoms with Crippen molar-refractivity contribution in [1.82, 2.24) is 4.98 Å². The Hall–Kier alpha value is -3.70. The molecule has 1 heterocycles. The zero-order chi connectivity index (χ0) is 19.4. The summed E-state index contributed by atoms with van der Waals surface area (Å²) in [6, 6.07) is 15.0. The van der Waals surface area contributed by atoms with Crippen LogP contribution in [0.15, 0.2) is 48.5 Å². The Bertz CT molecular complexity index is 1050. The van der Waals surface area contributed by atoms with Gasteiger partial charge in [0.15, 0.2) is 5.13 Å². The number of aromatic carboxylic acids is 1. The van der Waals surface area contributed by atoms with Crippen molar-refractivity contribution in [3.8, 4) is 23.1 Å². The molecule has 1 amide bonds. The maximum atomic E-state index is 12.5. The summed E-state index contributed by atoms with van der Waals surface area (Å²) < 4.78 is 5.11. The summed E-state index contributed by atoms with van der Waals surface area (Å²) in [6.45, 7) is 0. The molecule has 2 aromatic carbocycles. The van der Waals surface area contributed by atoms with Crippen LogP contribution in [0.3, 0.4) is 0 Å². The van der Waals surface area contributed by atoms with Gasteiger partial charge in [0.1, 0.15) is 22.4 Å². The number of anilines is 1. The first-order valence-corrected chi connectivity index (χ1v) is 8.54. The highest BCUT2D eigenvalue weighted by Crippen LogP contribution is 2.31. The summed E-state index contributed by atoms with van der Waals surface area (Å²) >= 11 is 1.02. The van der Waals surface area contributed by atoms with Gasteiger partial charge in [-0.1, -0.05) is 23.5 Å². The minimum Gasteiger partial charge on any atom is -0.497 e. The van der Waals surface area contributed by atoms with Gasteiger partial charge in [0.05, 0.1) is 18.2 Å². The van der Waals surface area contributed by atoms with Gasteiger partial charge in [-0.05, 0) is 36.4 Å². The van der Waals surface area contributed by atoms with Crippen LogP contribution in [0.1, 0.15) is 25.6 Å². The number of methoxy groups -OCH3 is 1. The van der Waals surface area contributed by atoms with Crippen LogP contribution in [-0.2, 0) is 0 Å². The van der Waals surface area contributed by atoms with E-state index in [9.17, 15) is 20.0 Å². The minimum absolute atomic E-state index is 0.0182. The second kappa shape index (κ2) is 7.68. The van der Waals surface area contributed by atoms with Crippen LogP contribution < -0.4 is 10.1 Å². The van der Waals surface area contributed by atoms with Crippen molar-refractivity contribution in [1.29, 1.82) is 5.26 Å². The summed E-state index contributed by atoms with van der Waals surface area (Å²) in [5.74, 6) is -1.13. The summed E-state index contributed by atoms with van der Waals surface area (Å²) in [5.41, 5.74) is 1.05. The van der Waals surface area contributed by atoms with E-state index < -0.39 is 11.9 Å². The van der Waals surface area contributed by atoms with Gasteiger partial charge >= 0.3 is 5.97 Å². The molecule has 2 N–H and O–H groups in total. The third kappa shape index (κ3) is 3.78. The monoisotopic (exact) mass is 379 g/mol. The highest BCUT2D eigenvalue weighted by Gasteiger charge is 2.19. The highest BCUT2D eigenvalue weighted by molar-refractivity contribution is 7.16. The third-order valence-corrected chi connectivity index (χ3v) is 4.59. The van der Waals surface area contributed by atoms with Crippen LogP contribution in [-0.4, -0.2) is 29.1 Å². The average molecular weight is 379 g/mol. The summed E-state index contributed by atoms with van der Waals surface area (Å²) in [4.78, 5) is 28.4. The number of carbonyl (C=O) groups excluding carboxylic acids is 1. The number of ether oxygens (including phenoxy) is 1. The van der Waals surface area contributed by atoms with Gasteiger partial charge in [-0.25, -0.2) is 9.78 Å². The molecule has 0 radical (unpaired) electrons. The molecular formula is C19H13N3O4S. The molecule has 0 spiro atoms. The Morgan fingerprint density at radius 1 is 1.15 bits per heavy atom. The Labute approximate surface area is 158 Å². The van der Waals surface area contributed by atoms with Gasteiger partial charge in [0.25, 0.3) is 5.91 Å². The molecule has 0 atom stereocenters. The van der Waals surface area contributed by atoms with Crippen LogP contribution >= 0.6 is 11.3 Å². The van der Waals surface area contributed by atoms with Crippen molar-refractivity contribution in [3.63, 3.8) is 0 Å². The van der Waals surface area contributed by atoms with E-state index in [1.165, 1.54) is 12.1 Å². The van der Waals surface area contributed by atoms with Crippen molar-refractivity contribution >= 4 is 28.3 Å². The van der Waals surface area contributed by atoms with Crippen LogP contribution in [0.5, 0.6) is 5.75 Å². The molecule has 0 aliphatic heterocycles. The van der Waals surface area contributed by atoms with E-state index in [2.05, 4.69) is 16.4 Å². The fraction of sp³-hybridized carbons (Fsp3) is 0.0526. The second-order valence-electron chi connectivity index (χ2n) is 5.34. The lowest BCUT2D eigenvalue weighted by Crippen LogP contribution is -2.16. The van der Waals surface area contributed by atoms with Gasteiger partial charge < -0.3 is 9.84 Å². The summed E-state index contributed by atoms with van der Waals surface area (Å²) in [6.07, 6.45) is 0. The number of hydrogen-bond acceptors (Lipinski definition) is 6. The topological polar surface area (TPSA) is 112 Å². The fourth-order valence-corrected chi connectivity index (χ4v) is 3.21. The molecule has 134 valence electrons. The van der Waals surface area contributed by atoms with Crippen molar-refractivity contribution in [2.45, 2.75) is 0 Å². The highest BCUT2D eigenvalue weighted by atomic mass is 32.1. The molecule has 0 saturated heterocycles. The maximum absolute atomic E-state index is 12.5. The number of hydrogen-bond donors (Lipinski definition) is 2. The third-order valence-electron chi connectivity index (χ3n) is 3.71. The lowest BCUT2D eigenvalue weighted by Gasteiger charge is -2.05. The number of nitriles is 1. The molecule has 0 bridgehead atoms. The average Bonchev–Trinajstić information content (AvgIpc) is 3.10. The predicted molar refractivity (Wildman–Crippen MR) is 100 cm³/mol. The number of amides is 1. The smallest absolute Gasteiger partial charge is 0.336 e. The number of nitrogens with zero attached hydrogens (tertiary/aromatic N) is 2. The number of nitrogens with one attached hydrogen (secondary N) is 1.